The van der Waals surface area contributed by atoms with Crippen LogP contribution in [0.4, 0.5) is 25.1 Å². The number of fused-ring (bicyclic) bond motifs is 1. The Morgan fingerprint density at radius 1 is 1.11 bits per heavy atom. The number of nitrogens with zero attached hydrogens (tertiary/aromatic N) is 4. The zero-order valence-electron chi connectivity index (χ0n) is 19.6. The summed E-state index contributed by atoms with van der Waals surface area (Å²) in [5.74, 6) is -0.916. The van der Waals surface area contributed by atoms with E-state index in [1.54, 1.807) is 23.0 Å². The van der Waals surface area contributed by atoms with Crippen molar-refractivity contribution >= 4 is 29.1 Å². The molecule has 1 aliphatic rings. The maximum atomic E-state index is 15.5. The topological polar surface area (TPSA) is 89.1 Å². The number of benzene rings is 2. The zero-order valence-corrected chi connectivity index (χ0v) is 20.4. The molecule has 7 nitrogen and oxygen atoms in total. The summed E-state index contributed by atoms with van der Waals surface area (Å²) in [5.41, 5.74) is 9.43. The van der Waals surface area contributed by atoms with Crippen LogP contribution in [0.3, 0.4) is 0 Å². The second-order valence-electron chi connectivity index (χ2n) is 8.71. The van der Waals surface area contributed by atoms with E-state index in [9.17, 15) is 9.18 Å². The second-order valence-corrected chi connectivity index (χ2v) is 9.11. The fourth-order valence-electron chi connectivity index (χ4n) is 4.70. The molecule has 0 fully saturated rings. The number of nitrogens with two attached hydrogens (primary N) is 1. The average Bonchev–Trinajstić information content (AvgIpc) is 3.19. The normalized spacial score (nSPS) is 13.0. The minimum atomic E-state index is -0.984. The first kappa shape index (κ1) is 23.7. The molecule has 4 aromatic rings. The van der Waals surface area contributed by atoms with Crippen LogP contribution in [0.2, 0.25) is 5.02 Å². The lowest BCUT2D eigenvalue weighted by atomic mass is 9.99. The van der Waals surface area contributed by atoms with Gasteiger partial charge in [0, 0.05) is 42.9 Å². The third kappa shape index (κ3) is 4.15. The first-order valence-corrected chi connectivity index (χ1v) is 11.7. The predicted octanol–water partition coefficient (Wildman–Crippen LogP) is 5.54. The lowest BCUT2D eigenvalue weighted by Crippen LogP contribution is -2.31. The number of hydrogen-bond donors (Lipinski definition) is 2. The van der Waals surface area contributed by atoms with Crippen LogP contribution in [0.15, 0.2) is 48.7 Å². The number of carbonyl (C=O) groups excluding carboxylic acids is 1. The summed E-state index contributed by atoms with van der Waals surface area (Å²) < 4.78 is 32.2. The van der Waals surface area contributed by atoms with E-state index in [1.165, 1.54) is 0 Å². The molecule has 0 aliphatic carbocycles. The Kier molecular flexibility index (Phi) is 6.09. The van der Waals surface area contributed by atoms with Gasteiger partial charge in [-0.1, -0.05) is 29.8 Å². The predicted molar refractivity (Wildman–Crippen MR) is 136 cm³/mol. The van der Waals surface area contributed by atoms with E-state index in [2.05, 4.69) is 10.3 Å². The summed E-state index contributed by atoms with van der Waals surface area (Å²) in [7, 11) is 0. The standard InChI is InChI=1S/C26H23ClF2N6O/c1-14-5-3-6-15(2)23(14)35-24(16-11-20(29)22(12-19(16)28)32-26(30)36)17-13-34(10-8-21(17)33-35)25-18(27)7-4-9-31-25/h3-7,9,11-12H,8,10,13H2,1-2H3,(H3,30,32,36). The van der Waals surface area contributed by atoms with Crippen molar-refractivity contribution in [3.63, 3.8) is 0 Å². The zero-order chi connectivity index (χ0) is 25.6. The smallest absolute Gasteiger partial charge is 0.316 e. The maximum absolute atomic E-state index is 15.5. The quantitative estimate of drug-likeness (QED) is 0.379. The molecule has 5 rings (SSSR count). The number of halogens is 3. The Morgan fingerprint density at radius 3 is 2.56 bits per heavy atom. The Hall–Kier alpha value is -3.98. The summed E-state index contributed by atoms with van der Waals surface area (Å²) in [6, 6.07) is 10.4. The van der Waals surface area contributed by atoms with Crippen LogP contribution in [-0.2, 0) is 13.0 Å². The average molecular weight is 509 g/mol. The number of aryl methyl sites for hydroxylation is 2. The monoisotopic (exact) mass is 508 g/mol. The van der Waals surface area contributed by atoms with Crippen LogP contribution in [0.25, 0.3) is 16.9 Å². The second kappa shape index (κ2) is 9.23. The molecule has 3 N–H and O–H groups in total. The molecule has 1 aliphatic heterocycles. The molecule has 0 saturated carbocycles. The van der Waals surface area contributed by atoms with Crippen molar-refractivity contribution in [3.05, 3.63) is 87.7 Å². The number of nitrogens with one attached hydrogen (secondary N) is 1. The van der Waals surface area contributed by atoms with Gasteiger partial charge in [-0.15, -0.1) is 0 Å². The SMILES string of the molecule is Cc1cccc(C)c1-n1nc2c(c1-c1cc(F)c(NC(N)=O)cc1F)CN(c1ncccc1Cl)CC2. The third-order valence-electron chi connectivity index (χ3n) is 6.29. The number of anilines is 2. The van der Waals surface area contributed by atoms with E-state index in [0.717, 1.165) is 40.2 Å². The number of hydrogen-bond acceptors (Lipinski definition) is 4. The van der Waals surface area contributed by atoms with Crippen LogP contribution in [0.5, 0.6) is 0 Å². The van der Waals surface area contributed by atoms with Crippen molar-refractivity contribution in [3.8, 4) is 16.9 Å². The summed E-state index contributed by atoms with van der Waals surface area (Å²) in [4.78, 5) is 17.7. The molecule has 10 heteroatoms. The number of carbonyl (C=O) groups is 1. The van der Waals surface area contributed by atoms with Crippen molar-refractivity contribution < 1.29 is 13.6 Å². The van der Waals surface area contributed by atoms with E-state index in [0.29, 0.717) is 36.0 Å². The van der Waals surface area contributed by atoms with Crippen LogP contribution < -0.4 is 16.0 Å². The molecule has 0 saturated heterocycles. The number of amides is 2. The molecule has 0 atom stereocenters. The minimum absolute atomic E-state index is 0.0212. The maximum Gasteiger partial charge on any atom is 0.316 e. The van der Waals surface area contributed by atoms with Gasteiger partial charge in [-0.3, -0.25) is 0 Å². The Labute approximate surface area is 211 Å². The van der Waals surface area contributed by atoms with Crippen LogP contribution in [0.1, 0.15) is 22.4 Å². The number of rotatable bonds is 4. The highest BCUT2D eigenvalue weighted by Crippen LogP contribution is 2.38. The third-order valence-corrected chi connectivity index (χ3v) is 6.59. The van der Waals surface area contributed by atoms with E-state index < -0.39 is 17.7 Å². The van der Waals surface area contributed by atoms with Crippen LogP contribution in [0, 0.1) is 25.5 Å². The molecule has 0 unspecified atom stereocenters. The van der Waals surface area contributed by atoms with Gasteiger partial charge in [0.25, 0.3) is 0 Å². The van der Waals surface area contributed by atoms with Gasteiger partial charge in [0.2, 0.25) is 0 Å². The van der Waals surface area contributed by atoms with Crippen LogP contribution in [-0.4, -0.2) is 27.3 Å². The molecule has 0 spiro atoms. The van der Waals surface area contributed by atoms with Gasteiger partial charge in [0.1, 0.15) is 17.5 Å². The van der Waals surface area contributed by atoms with Crippen molar-refractivity contribution in [2.45, 2.75) is 26.8 Å². The van der Waals surface area contributed by atoms with Crippen molar-refractivity contribution in [1.82, 2.24) is 14.8 Å². The van der Waals surface area contributed by atoms with Crippen molar-refractivity contribution in [1.29, 1.82) is 0 Å². The molecule has 36 heavy (non-hydrogen) atoms. The fourth-order valence-corrected chi connectivity index (χ4v) is 4.94. The largest absolute Gasteiger partial charge is 0.351 e. The molecule has 0 radical (unpaired) electrons. The highest BCUT2D eigenvalue weighted by molar-refractivity contribution is 6.32. The van der Waals surface area contributed by atoms with E-state index in [-0.39, 0.29) is 11.3 Å². The number of para-hydroxylation sites is 1. The van der Waals surface area contributed by atoms with Crippen LogP contribution >= 0.6 is 11.6 Å². The Balaban J connectivity index is 1.73. The van der Waals surface area contributed by atoms with Gasteiger partial charge in [-0.2, -0.15) is 5.10 Å². The lowest BCUT2D eigenvalue weighted by molar-refractivity contribution is 0.259. The molecular weight excluding hydrogens is 486 g/mol. The number of primary amides is 1. The Morgan fingerprint density at radius 2 is 1.86 bits per heavy atom. The fraction of sp³-hybridized carbons (Fsp3) is 0.192. The molecule has 184 valence electrons. The summed E-state index contributed by atoms with van der Waals surface area (Å²) >= 11 is 6.41. The van der Waals surface area contributed by atoms with Gasteiger partial charge in [0.05, 0.1) is 27.8 Å². The Bertz CT molecular complexity index is 1480. The minimum Gasteiger partial charge on any atom is -0.351 e. The first-order chi connectivity index (χ1) is 17.2. The van der Waals surface area contributed by atoms with Gasteiger partial charge < -0.3 is 16.0 Å². The van der Waals surface area contributed by atoms with Gasteiger partial charge in [-0.25, -0.2) is 23.2 Å². The summed E-state index contributed by atoms with van der Waals surface area (Å²) in [5, 5.41) is 7.49. The van der Waals surface area contributed by atoms with Crippen molar-refractivity contribution in [2.24, 2.45) is 5.73 Å². The van der Waals surface area contributed by atoms with Gasteiger partial charge in [-0.05, 0) is 43.2 Å². The van der Waals surface area contributed by atoms with E-state index in [1.807, 2.05) is 36.9 Å². The summed E-state index contributed by atoms with van der Waals surface area (Å²) in [6.45, 7) is 4.87. The lowest BCUT2D eigenvalue weighted by Gasteiger charge is -2.28. The van der Waals surface area contributed by atoms with Gasteiger partial charge in [0.15, 0.2) is 0 Å². The number of urea groups is 1. The van der Waals surface area contributed by atoms with E-state index >= 15 is 4.39 Å². The number of aromatic nitrogens is 3. The molecule has 0 bridgehead atoms. The molecule has 2 amide bonds. The molecule has 2 aromatic carbocycles. The number of pyridine rings is 1. The van der Waals surface area contributed by atoms with E-state index in [4.69, 9.17) is 22.4 Å². The van der Waals surface area contributed by atoms with Crippen molar-refractivity contribution in [2.75, 3.05) is 16.8 Å². The highest BCUT2D eigenvalue weighted by Gasteiger charge is 2.30. The highest BCUT2D eigenvalue weighted by atomic mass is 35.5. The summed E-state index contributed by atoms with van der Waals surface area (Å²) in [6.07, 6.45) is 2.23. The first-order valence-electron chi connectivity index (χ1n) is 11.3. The molecule has 3 heterocycles. The molecule has 2 aromatic heterocycles. The van der Waals surface area contributed by atoms with Gasteiger partial charge >= 0.3 is 6.03 Å². The molecular formula is C26H23ClF2N6O.